The van der Waals surface area contributed by atoms with Gasteiger partial charge in [-0.15, -0.1) is 11.8 Å². The molecule has 1 amide bonds. The molecule has 0 aromatic heterocycles. The van der Waals surface area contributed by atoms with Gasteiger partial charge in [-0.2, -0.15) is 4.31 Å². The van der Waals surface area contributed by atoms with Crippen LogP contribution in [0.4, 0.5) is 4.39 Å². The summed E-state index contributed by atoms with van der Waals surface area (Å²) in [4.78, 5) is 13.6. The third kappa shape index (κ3) is 3.13. The number of hydrogen-bond donors (Lipinski definition) is 0. The zero-order valence-electron chi connectivity index (χ0n) is 12.7. The minimum absolute atomic E-state index is 0.0314. The lowest BCUT2D eigenvalue weighted by Gasteiger charge is -2.29. The Morgan fingerprint density at radius 3 is 2.64 bits per heavy atom. The number of thioether (sulfide) groups is 1. The van der Waals surface area contributed by atoms with Crippen LogP contribution in [0.3, 0.4) is 0 Å². The number of nitrogens with zero attached hydrogens (tertiary/aromatic N) is 2. The van der Waals surface area contributed by atoms with E-state index in [4.69, 9.17) is 0 Å². The van der Waals surface area contributed by atoms with Gasteiger partial charge in [-0.3, -0.25) is 4.79 Å². The van der Waals surface area contributed by atoms with Crippen LogP contribution in [-0.2, 0) is 14.8 Å². The van der Waals surface area contributed by atoms with Crippen molar-refractivity contribution in [1.29, 1.82) is 0 Å². The summed E-state index contributed by atoms with van der Waals surface area (Å²) in [5.74, 6) is -0.537. The molecule has 0 spiro atoms. The Hall–Kier alpha value is -1.12. The average Bonchev–Trinajstić information content (AvgIpc) is 2.96. The van der Waals surface area contributed by atoms with Gasteiger partial charge in [0.05, 0.1) is 5.88 Å². The SMILES string of the molecule is CC(C)N(C)C(=O)[C@@H]1CSCN1S(=O)(=O)c1ccccc1F. The summed E-state index contributed by atoms with van der Waals surface area (Å²) in [7, 11) is -2.39. The molecule has 1 heterocycles. The van der Waals surface area contributed by atoms with Crippen LogP contribution in [0, 0.1) is 5.82 Å². The molecule has 1 aromatic carbocycles. The molecule has 2 rings (SSSR count). The van der Waals surface area contributed by atoms with Crippen molar-refractivity contribution in [2.75, 3.05) is 18.7 Å². The van der Waals surface area contributed by atoms with Gasteiger partial charge in [0.2, 0.25) is 15.9 Å². The molecule has 1 atom stereocenters. The van der Waals surface area contributed by atoms with Gasteiger partial charge in [0.1, 0.15) is 16.8 Å². The van der Waals surface area contributed by atoms with Crippen molar-refractivity contribution in [1.82, 2.24) is 9.21 Å². The van der Waals surface area contributed by atoms with Crippen molar-refractivity contribution in [3.05, 3.63) is 30.1 Å². The van der Waals surface area contributed by atoms with Crippen molar-refractivity contribution < 1.29 is 17.6 Å². The van der Waals surface area contributed by atoms with E-state index in [0.717, 1.165) is 10.4 Å². The maximum atomic E-state index is 13.8. The molecule has 122 valence electrons. The van der Waals surface area contributed by atoms with E-state index in [1.165, 1.54) is 34.9 Å². The quantitative estimate of drug-likeness (QED) is 0.833. The van der Waals surface area contributed by atoms with E-state index in [1.54, 1.807) is 7.05 Å². The Balaban J connectivity index is 2.35. The van der Waals surface area contributed by atoms with Crippen molar-refractivity contribution in [2.24, 2.45) is 0 Å². The van der Waals surface area contributed by atoms with E-state index in [1.807, 2.05) is 13.8 Å². The van der Waals surface area contributed by atoms with Crippen LogP contribution >= 0.6 is 11.8 Å². The van der Waals surface area contributed by atoms with Gasteiger partial charge in [-0.25, -0.2) is 12.8 Å². The third-order valence-electron chi connectivity index (χ3n) is 3.67. The Morgan fingerprint density at radius 2 is 2.05 bits per heavy atom. The molecule has 22 heavy (non-hydrogen) atoms. The predicted octanol–water partition coefficient (Wildman–Crippen LogP) is 1.76. The minimum atomic E-state index is -4.03. The van der Waals surface area contributed by atoms with Crippen molar-refractivity contribution in [3.63, 3.8) is 0 Å². The zero-order valence-corrected chi connectivity index (χ0v) is 14.3. The van der Waals surface area contributed by atoms with E-state index in [9.17, 15) is 17.6 Å². The second kappa shape index (κ2) is 6.55. The number of sulfonamides is 1. The molecule has 1 fully saturated rings. The molecule has 1 aliphatic rings. The second-order valence-corrected chi connectivity index (χ2v) is 8.24. The van der Waals surface area contributed by atoms with Gasteiger partial charge in [-0.1, -0.05) is 12.1 Å². The number of carbonyl (C=O) groups is 1. The highest BCUT2D eigenvalue weighted by Gasteiger charge is 2.42. The van der Waals surface area contributed by atoms with Crippen LogP contribution in [0.5, 0.6) is 0 Å². The lowest BCUT2D eigenvalue weighted by molar-refractivity contribution is -0.134. The molecule has 1 aliphatic heterocycles. The summed E-state index contributed by atoms with van der Waals surface area (Å²) in [5.41, 5.74) is 0. The van der Waals surface area contributed by atoms with E-state index in [-0.39, 0.29) is 22.7 Å². The van der Waals surface area contributed by atoms with E-state index in [0.29, 0.717) is 5.75 Å². The fourth-order valence-electron chi connectivity index (χ4n) is 2.13. The summed E-state index contributed by atoms with van der Waals surface area (Å²) in [6, 6.07) is 4.41. The molecule has 0 N–H and O–H groups in total. The maximum absolute atomic E-state index is 13.8. The molecule has 5 nitrogen and oxygen atoms in total. The lowest BCUT2D eigenvalue weighted by Crippen LogP contribution is -2.49. The molecule has 1 aromatic rings. The highest BCUT2D eigenvalue weighted by Crippen LogP contribution is 2.30. The van der Waals surface area contributed by atoms with Gasteiger partial charge in [0, 0.05) is 18.8 Å². The number of amides is 1. The molecular weight excluding hydrogens is 327 g/mol. The highest BCUT2D eigenvalue weighted by atomic mass is 32.2. The molecule has 0 unspecified atom stereocenters. The number of hydrogen-bond acceptors (Lipinski definition) is 4. The summed E-state index contributed by atoms with van der Waals surface area (Å²) in [5, 5.41) is 0. The first-order valence-corrected chi connectivity index (χ1v) is 9.47. The van der Waals surface area contributed by atoms with Crippen LogP contribution in [0.25, 0.3) is 0 Å². The normalized spacial score (nSPS) is 19.6. The summed E-state index contributed by atoms with van der Waals surface area (Å²) < 4.78 is 40.3. The van der Waals surface area contributed by atoms with Crippen molar-refractivity contribution in [2.45, 2.75) is 30.8 Å². The molecule has 0 radical (unpaired) electrons. The fourth-order valence-corrected chi connectivity index (χ4v) is 5.33. The zero-order chi connectivity index (χ0) is 16.5. The Labute approximate surface area is 134 Å². The Bertz CT molecular complexity index is 664. The largest absolute Gasteiger partial charge is 0.342 e. The molecule has 1 saturated heterocycles. The third-order valence-corrected chi connectivity index (χ3v) is 6.74. The highest BCUT2D eigenvalue weighted by molar-refractivity contribution is 8.00. The van der Waals surface area contributed by atoms with Crippen LogP contribution in [0.2, 0.25) is 0 Å². The Kier molecular flexibility index (Phi) is 5.14. The summed E-state index contributed by atoms with van der Waals surface area (Å²) in [6.07, 6.45) is 0. The molecule has 0 bridgehead atoms. The minimum Gasteiger partial charge on any atom is -0.342 e. The van der Waals surface area contributed by atoms with Crippen LogP contribution in [0.15, 0.2) is 29.2 Å². The number of halogens is 1. The lowest BCUT2D eigenvalue weighted by atomic mass is 10.2. The van der Waals surface area contributed by atoms with Gasteiger partial charge in [0.15, 0.2) is 0 Å². The van der Waals surface area contributed by atoms with E-state index in [2.05, 4.69) is 0 Å². The summed E-state index contributed by atoms with van der Waals surface area (Å²) >= 11 is 1.35. The topological polar surface area (TPSA) is 57.7 Å². The van der Waals surface area contributed by atoms with Crippen LogP contribution in [0.1, 0.15) is 13.8 Å². The summed E-state index contributed by atoms with van der Waals surface area (Å²) in [6.45, 7) is 3.71. The molecule has 8 heteroatoms. The smallest absolute Gasteiger partial charge is 0.247 e. The number of benzene rings is 1. The number of carbonyl (C=O) groups excluding carboxylic acids is 1. The van der Waals surface area contributed by atoms with Gasteiger partial charge >= 0.3 is 0 Å². The molecule has 0 aliphatic carbocycles. The first kappa shape index (κ1) is 17.2. The molecular formula is C14H19FN2O3S2. The van der Waals surface area contributed by atoms with Gasteiger partial charge in [0.25, 0.3) is 0 Å². The van der Waals surface area contributed by atoms with Crippen LogP contribution < -0.4 is 0 Å². The first-order valence-electron chi connectivity index (χ1n) is 6.87. The maximum Gasteiger partial charge on any atom is 0.247 e. The Morgan fingerprint density at radius 1 is 1.41 bits per heavy atom. The fraction of sp³-hybridized carbons (Fsp3) is 0.500. The van der Waals surface area contributed by atoms with Crippen molar-refractivity contribution in [3.8, 4) is 0 Å². The second-order valence-electron chi connectivity index (χ2n) is 5.38. The first-order chi connectivity index (χ1) is 10.3. The average molecular weight is 346 g/mol. The van der Waals surface area contributed by atoms with E-state index >= 15 is 0 Å². The number of likely N-dealkylation sites (N-methyl/N-ethyl adjacent to an activating group) is 1. The monoisotopic (exact) mass is 346 g/mol. The predicted molar refractivity (Wildman–Crippen MR) is 84.4 cm³/mol. The standard InChI is InChI=1S/C14H19FN2O3S2/c1-10(2)16(3)14(18)12-8-21-9-17(12)22(19,20)13-7-5-4-6-11(13)15/h4-7,10,12H,8-9H2,1-3H3/t12-/m0/s1. The van der Waals surface area contributed by atoms with Crippen molar-refractivity contribution >= 4 is 27.7 Å². The molecule has 0 saturated carbocycles. The van der Waals surface area contributed by atoms with E-state index < -0.39 is 21.9 Å². The van der Waals surface area contributed by atoms with Crippen LogP contribution in [-0.4, -0.2) is 54.3 Å². The number of rotatable bonds is 4. The van der Waals surface area contributed by atoms with Gasteiger partial charge < -0.3 is 4.90 Å². The van der Waals surface area contributed by atoms with Gasteiger partial charge in [-0.05, 0) is 26.0 Å².